The number of nitrogens with one attached hydrogen (secondary N) is 2. The van der Waals surface area contributed by atoms with Crippen LogP contribution in [0.25, 0.3) is 0 Å². The van der Waals surface area contributed by atoms with E-state index in [4.69, 9.17) is 4.74 Å². The molecule has 1 aliphatic heterocycles. The molecule has 1 aliphatic rings. The molecule has 0 aliphatic carbocycles. The van der Waals surface area contributed by atoms with Gasteiger partial charge in [0.05, 0.1) is 19.6 Å². The monoisotopic (exact) mass is 423 g/mol. The zero-order chi connectivity index (χ0) is 22.2. The first-order valence-electron chi connectivity index (χ1n) is 10.9. The average molecular weight is 424 g/mol. The van der Waals surface area contributed by atoms with Gasteiger partial charge in [-0.2, -0.15) is 0 Å². The zero-order valence-electron chi connectivity index (χ0n) is 18.7. The van der Waals surface area contributed by atoms with E-state index in [0.717, 1.165) is 49.4 Å². The molecule has 1 saturated heterocycles. The van der Waals surface area contributed by atoms with E-state index in [9.17, 15) is 9.59 Å². The fourth-order valence-electron chi connectivity index (χ4n) is 4.08. The minimum absolute atomic E-state index is 0.0255. The van der Waals surface area contributed by atoms with Crippen molar-refractivity contribution < 1.29 is 14.3 Å². The van der Waals surface area contributed by atoms with Crippen molar-refractivity contribution in [3.8, 4) is 5.75 Å². The number of ether oxygens (including phenoxy) is 1. The van der Waals surface area contributed by atoms with Crippen LogP contribution in [0.5, 0.6) is 5.75 Å². The van der Waals surface area contributed by atoms with E-state index in [-0.39, 0.29) is 30.3 Å². The summed E-state index contributed by atoms with van der Waals surface area (Å²) < 4.78 is 5.45. The lowest BCUT2D eigenvalue weighted by molar-refractivity contribution is -0.123. The highest BCUT2D eigenvalue weighted by Gasteiger charge is 2.23. The van der Waals surface area contributed by atoms with Crippen LogP contribution in [0.4, 0.5) is 0 Å². The molecule has 2 N–H and O–H groups in total. The molecule has 166 valence electrons. The Morgan fingerprint density at radius 2 is 1.77 bits per heavy atom. The van der Waals surface area contributed by atoms with E-state index in [1.807, 2.05) is 49.4 Å². The Kier molecular flexibility index (Phi) is 8.06. The first-order chi connectivity index (χ1) is 14.9. The number of nitrogens with zero attached hydrogens (tertiary/aromatic N) is 1. The van der Waals surface area contributed by atoms with Gasteiger partial charge in [-0.15, -0.1) is 0 Å². The van der Waals surface area contributed by atoms with Gasteiger partial charge in [0.25, 0.3) is 0 Å². The molecule has 6 nitrogen and oxygen atoms in total. The molecule has 2 aromatic rings. The van der Waals surface area contributed by atoms with Gasteiger partial charge < -0.3 is 15.4 Å². The highest BCUT2D eigenvalue weighted by Crippen LogP contribution is 2.22. The Morgan fingerprint density at radius 1 is 1.10 bits per heavy atom. The van der Waals surface area contributed by atoms with Crippen molar-refractivity contribution in [1.82, 2.24) is 15.5 Å². The molecule has 1 unspecified atom stereocenters. The van der Waals surface area contributed by atoms with Gasteiger partial charge in [-0.05, 0) is 31.4 Å². The topological polar surface area (TPSA) is 70.7 Å². The lowest BCUT2D eigenvalue weighted by Gasteiger charge is -2.33. The Hall–Kier alpha value is -2.86. The van der Waals surface area contributed by atoms with E-state index in [2.05, 4.69) is 21.6 Å². The predicted molar refractivity (Wildman–Crippen MR) is 122 cm³/mol. The van der Waals surface area contributed by atoms with Gasteiger partial charge in [0.15, 0.2) is 0 Å². The molecule has 31 heavy (non-hydrogen) atoms. The standard InChI is InChI=1S/C25H33N3O3/c1-18-8-10-20(11-9-18)23(26-19(2)29)16-25(30)27-22-12-14-28(15-13-22)17-21-6-4-5-7-24(21)31-3/h4-11,22-23H,12-17H2,1-3H3,(H,26,29)(H,27,30). The Balaban J connectivity index is 1.50. The average Bonchev–Trinajstić information content (AvgIpc) is 2.75. The van der Waals surface area contributed by atoms with Crippen molar-refractivity contribution in [2.75, 3.05) is 20.2 Å². The molecule has 1 atom stereocenters. The number of amides is 2. The summed E-state index contributed by atoms with van der Waals surface area (Å²) in [5.41, 5.74) is 3.28. The lowest BCUT2D eigenvalue weighted by Crippen LogP contribution is -2.45. The fourth-order valence-corrected chi connectivity index (χ4v) is 4.08. The molecule has 6 heteroatoms. The Bertz CT molecular complexity index is 874. The quantitative estimate of drug-likeness (QED) is 0.683. The molecule has 0 saturated carbocycles. The maximum Gasteiger partial charge on any atom is 0.222 e. The fraction of sp³-hybridized carbons (Fsp3) is 0.440. The second-order valence-corrected chi connectivity index (χ2v) is 8.30. The number of aryl methyl sites for hydroxylation is 1. The number of para-hydroxylation sites is 1. The van der Waals surface area contributed by atoms with E-state index >= 15 is 0 Å². The van der Waals surface area contributed by atoms with Crippen molar-refractivity contribution in [2.45, 2.75) is 51.7 Å². The highest BCUT2D eigenvalue weighted by atomic mass is 16.5. The van der Waals surface area contributed by atoms with Gasteiger partial charge in [0, 0.05) is 38.2 Å². The molecule has 2 aromatic carbocycles. The molecule has 0 aromatic heterocycles. The van der Waals surface area contributed by atoms with E-state index in [1.165, 1.54) is 12.5 Å². The van der Waals surface area contributed by atoms with Crippen LogP contribution in [0.1, 0.15) is 48.9 Å². The van der Waals surface area contributed by atoms with E-state index in [1.54, 1.807) is 7.11 Å². The second kappa shape index (κ2) is 11.0. The SMILES string of the molecule is COc1ccccc1CN1CCC(NC(=O)CC(NC(C)=O)c2ccc(C)cc2)CC1. The maximum absolute atomic E-state index is 12.7. The number of hydrogen-bond acceptors (Lipinski definition) is 4. The van der Waals surface area contributed by atoms with Crippen LogP contribution in [0.2, 0.25) is 0 Å². The van der Waals surface area contributed by atoms with Crippen LogP contribution in [-0.2, 0) is 16.1 Å². The zero-order valence-corrected chi connectivity index (χ0v) is 18.7. The van der Waals surface area contributed by atoms with Crippen LogP contribution in [0.3, 0.4) is 0 Å². The van der Waals surface area contributed by atoms with E-state index < -0.39 is 0 Å². The van der Waals surface area contributed by atoms with Crippen molar-refractivity contribution in [2.24, 2.45) is 0 Å². The third-order valence-corrected chi connectivity index (χ3v) is 5.79. The summed E-state index contributed by atoms with van der Waals surface area (Å²) in [4.78, 5) is 26.7. The molecule has 3 rings (SSSR count). The summed E-state index contributed by atoms with van der Waals surface area (Å²) in [6.45, 7) is 6.20. The van der Waals surface area contributed by atoms with Crippen molar-refractivity contribution in [1.29, 1.82) is 0 Å². The molecule has 0 bridgehead atoms. The number of likely N-dealkylation sites (tertiary alicyclic amines) is 1. The summed E-state index contributed by atoms with van der Waals surface area (Å²) >= 11 is 0. The van der Waals surface area contributed by atoms with Crippen molar-refractivity contribution in [3.05, 3.63) is 65.2 Å². The molecule has 1 fully saturated rings. The van der Waals surface area contributed by atoms with Gasteiger partial charge in [0.2, 0.25) is 11.8 Å². The third-order valence-electron chi connectivity index (χ3n) is 5.79. The first kappa shape index (κ1) is 22.8. The van der Waals surface area contributed by atoms with Gasteiger partial charge in [-0.25, -0.2) is 0 Å². The highest BCUT2D eigenvalue weighted by molar-refractivity contribution is 5.79. The number of carbonyl (C=O) groups excluding carboxylic acids is 2. The first-order valence-corrected chi connectivity index (χ1v) is 10.9. The van der Waals surface area contributed by atoms with Gasteiger partial charge >= 0.3 is 0 Å². The Morgan fingerprint density at radius 3 is 2.42 bits per heavy atom. The minimum atomic E-state index is -0.316. The number of carbonyl (C=O) groups is 2. The molecule has 1 heterocycles. The number of hydrogen-bond donors (Lipinski definition) is 2. The summed E-state index contributed by atoms with van der Waals surface area (Å²) in [5, 5.41) is 6.08. The van der Waals surface area contributed by atoms with Gasteiger partial charge in [-0.1, -0.05) is 48.0 Å². The molecule has 0 radical (unpaired) electrons. The number of rotatable bonds is 8. The predicted octanol–water partition coefficient (Wildman–Crippen LogP) is 3.35. The molecule has 2 amide bonds. The number of piperidine rings is 1. The van der Waals surface area contributed by atoms with Crippen molar-refractivity contribution >= 4 is 11.8 Å². The Labute approximate surface area is 185 Å². The van der Waals surface area contributed by atoms with E-state index in [0.29, 0.717) is 0 Å². The normalized spacial score (nSPS) is 15.8. The van der Waals surface area contributed by atoms with Crippen molar-refractivity contribution in [3.63, 3.8) is 0 Å². The van der Waals surface area contributed by atoms with Crippen LogP contribution in [0.15, 0.2) is 48.5 Å². The second-order valence-electron chi connectivity index (χ2n) is 8.30. The molecule has 0 spiro atoms. The lowest BCUT2D eigenvalue weighted by atomic mass is 10.00. The largest absolute Gasteiger partial charge is 0.496 e. The van der Waals surface area contributed by atoms with Crippen LogP contribution in [-0.4, -0.2) is 43.0 Å². The van der Waals surface area contributed by atoms with Crippen LogP contribution < -0.4 is 15.4 Å². The third kappa shape index (κ3) is 6.82. The summed E-state index contributed by atoms with van der Waals surface area (Å²) in [6.07, 6.45) is 2.07. The smallest absolute Gasteiger partial charge is 0.222 e. The minimum Gasteiger partial charge on any atom is -0.496 e. The number of benzene rings is 2. The molecular weight excluding hydrogens is 390 g/mol. The maximum atomic E-state index is 12.7. The van der Waals surface area contributed by atoms with Crippen LogP contribution in [0, 0.1) is 6.92 Å². The summed E-state index contributed by atoms with van der Waals surface area (Å²) in [6, 6.07) is 15.9. The summed E-state index contributed by atoms with van der Waals surface area (Å²) in [7, 11) is 1.70. The van der Waals surface area contributed by atoms with Gasteiger partial charge in [-0.3, -0.25) is 14.5 Å². The molecular formula is C25H33N3O3. The number of methoxy groups -OCH3 is 1. The summed E-state index contributed by atoms with van der Waals surface area (Å²) in [5.74, 6) is 0.753. The van der Waals surface area contributed by atoms with Gasteiger partial charge in [0.1, 0.15) is 5.75 Å². The van der Waals surface area contributed by atoms with Crippen LogP contribution >= 0.6 is 0 Å².